The monoisotopic (exact) mass is 220 g/mol. The van der Waals surface area contributed by atoms with E-state index >= 15 is 0 Å². The van der Waals surface area contributed by atoms with Gasteiger partial charge in [-0.2, -0.15) is 0 Å². The van der Waals surface area contributed by atoms with Crippen LogP contribution in [0.15, 0.2) is 22.9 Å². The number of halogens is 2. The summed E-state index contributed by atoms with van der Waals surface area (Å²) >= 11 is 8.59. The van der Waals surface area contributed by atoms with Gasteiger partial charge < -0.3 is 0 Å². The quantitative estimate of drug-likeness (QED) is 0.774. The predicted molar refractivity (Wildman–Crippen MR) is 44.6 cm³/mol. The van der Waals surface area contributed by atoms with E-state index < -0.39 is 0 Å². The van der Waals surface area contributed by atoms with Gasteiger partial charge in [-0.3, -0.25) is 4.98 Å². The summed E-state index contributed by atoms with van der Waals surface area (Å²) in [5, 5.41) is 0. The summed E-state index contributed by atoms with van der Waals surface area (Å²) in [7, 11) is 0. The molecule has 0 bridgehead atoms. The highest BCUT2D eigenvalue weighted by atomic mass is 79.9. The van der Waals surface area contributed by atoms with E-state index in [1.807, 2.05) is 6.07 Å². The van der Waals surface area contributed by atoms with Crippen molar-refractivity contribution in [3.05, 3.63) is 28.5 Å². The molecule has 0 radical (unpaired) electrons. The lowest BCUT2D eigenvalue weighted by molar-refractivity contribution is 0.950. The van der Waals surface area contributed by atoms with Crippen LogP contribution in [0.4, 0.5) is 0 Å². The molecule has 0 spiro atoms. The van der Waals surface area contributed by atoms with E-state index in [0.717, 1.165) is 10.0 Å². The first-order valence-electron chi connectivity index (χ1n) is 2.76. The van der Waals surface area contributed by atoms with Gasteiger partial charge in [-0.25, -0.2) is 4.84 Å². The number of aromatic nitrogens is 1. The Morgan fingerprint density at radius 3 is 3.00 bits per heavy atom. The van der Waals surface area contributed by atoms with Gasteiger partial charge in [0.1, 0.15) is 0 Å². The van der Waals surface area contributed by atoms with Crippen molar-refractivity contribution in [1.82, 2.24) is 9.82 Å². The molecule has 0 aliphatic carbocycles. The van der Waals surface area contributed by atoms with Crippen LogP contribution in [-0.4, -0.2) is 4.98 Å². The second kappa shape index (κ2) is 3.91. The summed E-state index contributed by atoms with van der Waals surface area (Å²) in [6.07, 6.45) is 3.50. The SMILES string of the molecule is ClNCc1cncc(Br)c1. The lowest BCUT2D eigenvalue weighted by atomic mass is 10.3. The average molecular weight is 221 g/mol. The summed E-state index contributed by atoms with van der Waals surface area (Å²) in [4.78, 5) is 6.48. The molecule has 0 fully saturated rings. The van der Waals surface area contributed by atoms with Crippen LogP contribution < -0.4 is 4.84 Å². The molecule has 0 unspecified atom stereocenters. The number of nitrogens with one attached hydrogen (secondary N) is 1. The Kier molecular flexibility index (Phi) is 3.12. The Bertz CT molecular complexity index is 217. The first-order chi connectivity index (χ1) is 4.83. The van der Waals surface area contributed by atoms with Gasteiger partial charge in [0.15, 0.2) is 0 Å². The van der Waals surface area contributed by atoms with Crippen LogP contribution in [0.5, 0.6) is 0 Å². The molecule has 0 saturated carbocycles. The summed E-state index contributed by atoms with van der Waals surface area (Å²) in [5.74, 6) is 0. The molecule has 1 heterocycles. The maximum Gasteiger partial charge on any atom is 0.0410 e. The Labute approximate surface area is 72.8 Å². The molecule has 0 atom stereocenters. The zero-order valence-corrected chi connectivity index (χ0v) is 7.48. The minimum Gasteiger partial charge on any atom is -0.263 e. The van der Waals surface area contributed by atoms with E-state index in [-0.39, 0.29) is 0 Å². The van der Waals surface area contributed by atoms with Gasteiger partial charge in [-0.1, -0.05) is 0 Å². The topological polar surface area (TPSA) is 24.9 Å². The van der Waals surface area contributed by atoms with Crippen molar-refractivity contribution in [3.63, 3.8) is 0 Å². The molecule has 0 saturated heterocycles. The van der Waals surface area contributed by atoms with E-state index in [1.54, 1.807) is 12.4 Å². The van der Waals surface area contributed by atoms with Gasteiger partial charge >= 0.3 is 0 Å². The molecular formula is C6H6BrClN2. The number of pyridine rings is 1. The summed E-state index contributed by atoms with van der Waals surface area (Å²) in [5.41, 5.74) is 1.06. The standard InChI is InChI=1S/C6H6BrClN2/c7-6-1-5(3-10-8)2-9-4-6/h1-2,4,10H,3H2. The van der Waals surface area contributed by atoms with Crippen molar-refractivity contribution in [3.8, 4) is 0 Å². The number of rotatable bonds is 2. The molecule has 1 rings (SSSR count). The smallest absolute Gasteiger partial charge is 0.0410 e. The third kappa shape index (κ3) is 2.25. The van der Waals surface area contributed by atoms with Crippen molar-refractivity contribution in [2.75, 3.05) is 0 Å². The van der Waals surface area contributed by atoms with Gasteiger partial charge in [-0.15, -0.1) is 0 Å². The van der Waals surface area contributed by atoms with Gasteiger partial charge in [-0.05, 0) is 39.3 Å². The predicted octanol–water partition coefficient (Wildman–Crippen LogP) is 2.09. The third-order valence-electron chi connectivity index (χ3n) is 1.03. The Hall–Kier alpha value is -0.120. The van der Waals surface area contributed by atoms with Crippen LogP contribution in [0.1, 0.15) is 5.56 Å². The Morgan fingerprint density at radius 2 is 2.40 bits per heavy atom. The van der Waals surface area contributed by atoms with E-state index in [9.17, 15) is 0 Å². The van der Waals surface area contributed by atoms with Gasteiger partial charge in [0.05, 0.1) is 0 Å². The van der Waals surface area contributed by atoms with Crippen LogP contribution in [0.25, 0.3) is 0 Å². The molecule has 0 amide bonds. The minimum absolute atomic E-state index is 0.633. The molecule has 54 valence electrons. The highest BCUT2D eigenvalue weighted by Crippen LogP contribution is 2.08. The molecule has 0 aromatic carbocycles. The van der Waals surface area contributed by atoms with E-state index in [2.05, 4.69) is 25.7 Å². The van der Waals surface area contributed by atoms with Gasteiger partial charge in [0.2, 0.25) is 0 Å². The van der Waals surface area contributed by atoms with Gasteiger partial charge in [0.25, 0.3) is 0 Å². The molecule has 1 N–H and O–H groups in total. The van der Waals surface area contributed by atoms with Crippen molar-refractivity contribution >= 4 is 27.7 Å². The van der Waals surface area contributed by atoms with Crippen molar-refractivity contribution < 1.29 is 0 Å². The summed E-state index contributed by atoms with van der Waals surface area (Å²) in [6, 6.07) is 1.96. The third-order valence-corrected chi connectivity index (χ3v) is 1.60. The number of nitrogens with zero attached hydrogens (tertiary/aromatic N) is 1. The van der Waals surface area contributed by atoms with E-state index in [1.165, 1.54) is 0 Å². The van der Waals surface area contributed by atoms with Gasteiger partial charge in [0, 0.05) is 23.4 Å². The lowest BCUT2D eigenvalue weighted by Crippen LogP contribution is -1.98. The van der Waals surface area contributed by atoms with Crippen LogP contribution >= 0.6 is 27.7 Å². The highest BCUT2D eigenvalue weighted by molar-refractivity contribution is 9.10. The maximum absolute atomic E-state index is 5.30. The van der Waals surface area contributed by atoms with Crippen LogP contribution in [0.2, 0.25) is 0 Å². The molecule has 2 nitrogen and oxygen atoms in total. The number of hydrogen-bond donors (Lipinski definition) is 1. The molecule has 10 heavy (non-hydrogen) atoms. The minimum atomic E-state index is 0.633. The summed E-state index contributed by atoms with van der Waals surface area (Å²) in [6.45, 7) is 0.633. The molecule has 0 aliphatic heterocycles. The molecule has 1 aromatic rings. The molecular weight excluding hydrogens is 215 g/mol. The molecule has 1 aromatic heterocycles. The fourth-order valence-electron chi connectivity index (χ4n) is 0.630. The molecule has 0 aliphatic rings. The van der Waals surface area contributed by atoms with Crippen molar-refractivity contribution in [2.24, 2.45) is 0 Å². The van der Waals surface area contributed by atoms with Crippen LogP contribution in [0, 0.1) is 0 Å². The summed E-state index contributed by atoms with van der Waals surface area (Å²) < 4.78 is 0.969. The maximum atomic E-state index is 5.30. The fraction of sp³-hybridized carbons (Fsp3) is 0.167. The highest BCUT2D eigenvalue weighted by Gasteiger charge is 1.91. The first kappa shape index (κ1) is 7.98. The van der Waals surface area contributed by atoms with Crippen LogP contribution in [-0.2, 0) is 6.54 Å². The number of hydrogen-bond acceptors (Lipinski definition) is 2. The second-order valence-electron chi connectivity index (χ2n) is 1.82. The lowest BCUT2D eigenvalue weighted by Gasteiger charge is -1.96. The van der Waals surface area contributed by atoms with Crippen LogP contribution in [0.3, 0.4) is 0 Å². The van der Waals surface area contributed by atoms with Crippen molar-refractivity contribution in [1.29, 1.82) is 0 Å². The van der Waals surface area contributed by atoms with E-state index in [0.29, 0.717) is 6.54 Å². The second-order valence-corrected chi connectivity index (χ2v) is 3.00. The molecule has 4 heteroatoms. The van der Waals surface area contributed by atoms with E-state index in [4.69, 9.17) is 11.8 Å². The normalized spacial score (nSPS) is 9.80. The zero-order chi connectivity index (χ0) is 7.40. The largest absolute Gasteiger partial charge is 0.263 e. The fourth-order valence-corrected chi connectivity index (χ4v) is 1.20. The first-order valence-corrected chi connectivity index (χ1v) is 3.93. The average Bonchev–Trinajstić information content (AvgIpc) is 1.88. The van der Waals surface area contributed by atoms with Crippen molar-refractivity contribution in [2.45, 2.75) is 6.54 Å². The zero-order valence-electron chi connectivity index (χ0n) is 5.14. The Balaban J connectivity index is 2.75. The Morgan fingerprint density at radius 1 is 1.60 bits per heavy atom.